The maximum Gasteiger partial charge on any atom is 0.340 e. The van der Waals surface area contributed by atoms with Gasteiger partial charge in [0.1, 0.15) is 5.75 Å². The highest BCUT2D eigenvalue weighted by atomic mass is 16.5. The van der Waals surface area contributed by atoms with E-state index in [1.54, 1.807) is 56.3 Å². The lowest BCUT2D eigenvalue weighted by Crippen LogP contribution is -2.24. The first kappa shape index (κ1) is 24.5. The molecule has 3 aromatic carbocycles. The molecule has 2 amide bonds. The highest BCUT2D eigenvalue weighted by Gasteiger charge is 2.37. The average Bonchev–Trinajstić information content (AvgIpc) is 3.13. The molecule has 7 heteroatoms. The van der Waals surface area contributed by atoms with Gasteiger partial charge in [-0.15, -0.1) is 0 Å². The van der Waals surface area contributed by atoms with Gasteiger partial charge in [0.05, 0.1) is 17.8 Å². The summed E-state index contributed by atoms with van der Waals surface area (Å²) >= 11 is 0. The Balaban J connectivity index is 1.51. The zero-order valence-electron chi connectivity index (χ0n) is 20.1. The number of allylic oxidation sites excluding steroid dienone is 1. The summed E-state index contributed by atoms with van der Waals surface area (Å²) in [6, 6.07) is 25.2. The molecular formula is C29H26N2O5. The van der Waals surface area contributed by atoms with Crippen LogP contribution >= 0.6 is 0 Å². The molecule has 4 rings (SSSR count). The van der Waals surface area contributed by atoms with E-state index in [0.29, 0.717) is 28.4 Å². The fraction of sp³-hybridized carbons (Fsp3) is 0.138. The van der Waals surface area contributed by atoms with E-state index in [0.717, 1.165) is 0 Å². The standard InChI is InChI=1S/C29H26N2O5/c1-3-35-29(34)27-20(2)31(23-12-8-5-9-13-23)28(33)25(27)18-21-14-16-24(17-15-21)36-19-26(32)30-22-10-6-4-7-11-22/h4-18H,3,19H2,1-2H3,(H,30,32)/b25-18-. The molecule has 0 radical (unpaired) electrons. The largest absolute Gasteiger partial charge is 0.484 e. The Morgan fingerprint density at radius 1 is 0.917 bits per heavy atom. The van der Waals surface area contributed by atoms with E-state index in [4.69, 9.17) is 9.47 Å². The van der Waals surface area contributed by atoms with E-state index in [-0.39, 0.29) is 36.2 Å². The van der Waals surface area contributed by atoms with Gasteiger partial charge < -0.3 is 14.8 Å². The predicted octanol–water partition coefficient (Wildman–Crippen LogP) is 4.97. The summed E-state index contributed by atoms with van der Waals surface area (Å²) in [5.41, 5.74) is 3.07. The molecule has 1 heterocycles. The molecule has 1 aliphatic rings. The van der Waals surface area contributed by atoms with Crippen molar-refractivity contribution in [1.29, 1.82) is 0 Å². The van der Waals surface area contributed by atoms with Crippen LogP contribution in [0.3, 0.4) is 0 Å². The van der Waals surface area contributed by atoms with Gasteiger partial charge in [0.25, 0.3) is 11.8 Å². The van der Waals surface area contributed by atoms with E-state index < -0.39 is 5.97 Å². The van der Waals surface area contributed by atoms with Crippen molar-refractivity contribution in [2.45, 2.75) is 13.8 Å². The number of para-hydroxylation sites is 2. The van der Waals surface area contributed by atoms with E-state index in [2.05, 4.69) is 5.32 Å². The summed E-state index contributed by atoms with van der Waals surface area (Å²) in [5, 5.41) is 2.76. The number of ether oxygens (including phenoxy) is 2. The average molecular weight is 483 g/mol. The van der Waals surface area contributed by atoms with Gasteiger partial charge in [0.15, 0.2) is 6.61 Å². The minimum absolute atomic E-state index is 0.144. The van der Waals surface area contributed by atoms with Crippen LogP contribution in [0.15, 0.2) is 102 Å². The minimum Gasteiger partial charge on any atom is -0.484 e. The highest BCUT2D eigenvalue weighted by molar-refractivity contribution is 6.23. The van der Waals surface area contributed by atoms with Crippen molar-refractivity contribution >= 4 is 35.2 Å². The Bertz CT molecular complexity index is 1310. The number of nitrogens with zero attached hydrogens (tertiary/aromatic N) is 1. The number of benzene rings is 3. The Morgan fingerprint density at radius 2 is 1.56 bits per heavy atom. The van der Waals surface area contributed by atoms with Crippen LogP contribution in [0.4, 0.5) is 11.4 Å². The number of carbonyl (C=O) groups excluding carboxylic acids is 3. The molecule has 0 bridgehead atoms. The topological polar surface area (TPSA) is 84.9 Å². The monoisotopic (exact) mass is 482 g/mol. The number of rotatable bonds is 8. The van der Waals surface area contributed by atoms with E-state index >= 15 is 0 Å². The Morgan fingerprint density at radius 3 is 2.19 bits per heavy atom. The third-order valence-electron chi connectivity index (χ3n) is 5.51. The molecule has 0 aromatic heterocycles. The summed E-state index contributed by atoms with van der Waals surface area (Å²) < 4.78 is 10.8. The maximum atomic E-state index is 13.4. The van der Waals surface area contributed by atoms with Crippen molar-refractivity contribution in [3.8, 4) is 5.75 Å². The Kier molecular flexibility index (Phi) is 7.60. The summed E-state index contributed by atoms with van der Waals surface area (Å²) in [6.07, 6.45) is 1.66. The number of esters is 1. The third kappa shape index (κ3) is 5.52. The number of hydrogen-bond donors (Lipinski definition) is 1. The molecule has 0 aliphatic carbocycles. The number of carbonyl (C=O) groups is 3. The van der Waals surface area contributed by atoms with Crippen LogP contribution in [0.2, 0.25) is 0 Å². The summed E-state index contributed by atoms with van der Waals surface area (Å²) in [7, 11) is 0. The SMILES string of the molecule is CCOC(=O)C1=C(C)N(c2ccccc2)C(=O)/C1=C\c1ccc(OCC(=O)Nc2ccccc2)cc1. The molecule has 7 nitrogen and oxygen atoms in total. The van der Waals surface area contributed by atoms with Gasteiger partial charge in [0, 0.05) is 17.1 Å². The van der Waals surface area contributed by atoms with Crippen LogP contribution in [0, 0.1) is 0 Å². The van der Waals surface area contributed by atoms with Crippen molar-refractivity contribution in [1.82, 2.24) is 0 Å². The van der Waals surface area contributed by atoms with Crippen LogP contribution in [0.25, 0.3) is 6.08 Å². The molecular weight excluding hydrogens is 456 g/mol. The quantitative estimate of drug-likeness (QED) is 0.362. The fourth-order valence-electron chi connectivity index (χ4n) is 3.86. The summed E-state index contributed by atoms with van der Waals surface area (Å²) in [6.45, 7) is 3.51. The lowest BCUT2D eigenvalue weighted by Gasteiger charge is -2.17. The molecule has 1 aliphatic heterocycles. The van der Waals surface area contributed by atoms with Crippen molar-refractivity contribution < 1.29 is 23.9 Å². The van der Waals surface area contributed by atoms with Crippen LogP contribution in [0.5, 0.6) is 5.75 Å². The zero-order valence-corrected chi connectivity index (χ0v) is 20.1. The minimum atomic E-state index is -0.544. The lowest BCUT2D eigenvalue weighted by atomic mass is 10.0. The molecule has 182 valence electrons. The van der Waals surface area contributed by atoms with Crippen LogP contribution in [0.1, 0.15) is 19.4 Å². The van der Waals surface area contributed by atoms with E-state index in [1.807, 2.05) is 48.5 Å². The smallest absolute Gasteiger partial charge is 0.340 e. The Labute approximate surface area is 209 Å². The van der Waals surface area contributed by atoms with Gasteiger partial charge >= 0.3 is 5.97 Å². The van der Waals surface area contributed by atoms with Crippen molar-refractivity contribution in [2.24, 2.45) is 0 Å². The number of anilines is 2. The second-order valence-corrected chi connectivity index (χ2v) is 7.99. The first-order chi connectivity index (χ1) is 17.5. The van der Waals surface area contributed by atoms with Gasteiger partial charge in [-0.25, -0.2) is 4.79 Å². The van der Waals surface area contributed by atoms with Crippen molar-refractivity contribution in [3.05, 3.63) is 107 Å². The first-order valence-corrected chi connectivity index (χ1v) is 11.5. The first-order valence-electron chi connectivity index (χ1n) is 11.5. The maximum absolute atomic E-state index is 13.4. The Hall–Kier alpha value is -4.65. The molecule has 36 heavy (non-hydrogen) atoms. The van der Waals surface area contributed by atoms with Crippen molar-refractivity contribution in [3.63, 3.8) is 0 Å². The highest BCUT2D eigenvalue weighted by Crippen LogP contribution is 2.35. The normalized spacial score (nSPS) is 14.2. The molecule has 0 saturated carbocycles. The lowest BCUT2D eigenvalue weighted by molar-refractivity contribution is -0.138. The van der Waals surface area contributed by atoms with Crippen LogP contribution in [-0.2, 0) is 19.1 Å². The van der Waals surface area contributed by atoms with Gasteiger partial charge in [0.2, 0.25) is 0 Å². The molecule has 1 N–H and O–H groups in total. The van der Waals surface area contributed by atoms with E-state index in [1.165, 1.54) is 4.90 Å². The predicted molar refractivity (Wildman–Crippen MR) is 138 cm³/mol. The van der Waals surface area contributed by atoms with E-state index in [9.17, 15) is 14.4 Å². The number of nitrogens with one attached hydrogen (secondary N) is 1. The van der Waals surface area contributed by atoms with Gasteiger partial charge in [-0.3, -0.25) is 14.5 Å². The molecule has 0 spiro atoms. The second kappa shape index (κ2) is 11.2. The zero-order chi connectivity index (χ0) is 25.5. The summed E-state index contributed by atoms with van der Waals surface area (Å²) in [4.78, 5) is 39.8. The second-order valence-electron chi connectivity index (χ2n) is 7.99. The van der Waals surface area contributed by atoms with Gasteiger partial charge in [-0.05, 0) is 61.9 Å². The number of hydrogen-bond acceptors (Lipinski definition) is 5. The van der Waals surface area contributed by atoms with Crippen LogP contribution in [-0.4, -0.2) is 31.0 Å². The molecule has 3 aromatic rings. The van der Waals surface area contributed by atoms with Crippen molar-refractivity contribution in [2.75, 3.05) is 23.4 Å². The van der Waals surface area contributed by atoms with Gasteiger partial charge in [-0.2, -0.15) is 0 Å². The summed E-state index contributed by atoms with van der Waals surface area (Å²) in [5.74, 6) is -0.622. The van der Waals surface area contributed by atoms with Crippen LogP contribution < -0.4 is 15.0 Å². The number of amides is 2. The molecule has 0 unspecified atom stereocenters. The molecule has 0 atom stereocenters. The molecule has 0 saturated heterocycles. The third-order valence-corrected chi connectivity index (χ3v) is 5.51. The molecule has 0 fully saturated rings. The fourth-order valence-corrected chi connectivity index (χ4v) is 3.86. The van der Waals surface area contributed by atoms with Gasteiger partial charge in [-0.1, -0.05) is 48.5 Å².